The van der Waals surface area contributed by atoms with E-state index in [1.807, 2.05) is 0 Å². The van der Waals surface area contributed by atoms with Gasteiger partial charge in [0.25, 0.3) is 0 Å². The molecule has 204 valence electrons. The number of hydrogen-bond acceptors (Lipinski definition) is 1. The second kappa shape index (κ2) is 10.5. The summed E-state index contributed by atoms with van der Waals surface area (Å²) in [4.78, 5) is 4.97. The highest BCUT2D eigenvalue weighted by Crippen LogP contribution is 2.45. The van der Waals surface area contributed by atoms with Crippen LogP contribution in [0.4, 0.5) is 5.69 Å². The quantitative estimate of drug-likeness (QED) is 0.189. The Morgan fingerprint density at radius 2 is 0.884 bits per heavy atom. The van der Waals surface area contributed by atoms with E-state index in [1.165, 1.54) is 71.8 Å². The van der Waals surface area contributed by atoms with E-state index in [9.17, 15) is 0 Å². The molecule has 0 N–H and O–H groups in total. The molecule has 0 spiro atoms. The van der Waals surface area contributed by atoms with Crippen LogP contribution in [0.25, 0.3) is 54.9 Å². The first-order valence-electron chi connectivity index (χ1n) is 15.2. The van der Waals surface area contributed by atoms with Crippen molar-refractivity contribution in [2.45, 2.75) is 19.3 Å². The lowest BCUT2D eigenvalue weighted by atomic mass is 9.84. The van der Waals surface area contributed by atoms with Gasteiger partial charge in [-0.3, -0.25) is 4.99 Å². The molecule has 1 heteroatoms. The minimum atomic E-state index is 0.227. The van der Waals surface area contributed by atoms with Crippen molar-refractivity contribution in [2.75, 3.05) is 0 Å². The molecule has 8 rings (SSSR count). The van der Waals surface area contributed by atoms with Crippen molar-refractivity contribution in [1.29, 1.82) is 0 Å². The van der Waals surface area contributed by atoms with Crippen molar-refractivity contribution in [3.8, 4) is 33.4 Å². The molecule has 0 saturated heterocycles. The second-order valence-electron chi connectivity index (χ2n) is 11.4. The Balaban J connectivity index is 1.27. The maximum atomic E-state index is 4.97. The van der Waals surface area contributed by atoms with Crippen LogP contribution in [0, 0.1) is 0 Å². The summed E-state index contributed by atoms with van der Waals surface area (Å²) in [6.45, 7) is 2.21. The first-order chi connectivity index (χ1) is 21.3. The Morgan fingerprint density at radius 3 is 1.44 bits per heavy atom. The van der Waals surface area contributed by atoms with Crippen molar-refractivity contribution in [1.82, 2.24) is 0 Å². The van der Waals surface area contributed by atoms with Crippen molar-refractivity contribution >= 4 is 32.9 Å². The van der Waals surface area contributed by atoms with Gasteiger partial charge in [-0.15, -0.1) is 0 Å². The van der Waals surface area contributed by atoms with Gasteiger partial charge < -0.3 is 0 Å². The first kappa shape index (κ1) is 25.4. The maximum absolute atomic E-state index is 4.97. The van der Waals surface area contributed by atoms with Gasteiger partial charge >= 0.3 is 0 Å². The van der Waals surface area contributed by atoms with Crippen molar-refractivity contribution < 1.29 is 0 Å². The summed E-state index contributed by atoms with van der Waals surface area (Å²) in [5.74, 6) is 0.227. The molecule has 1 unspecified atom stereocenters. The number of nitrogens with zero attached hydrogens (tertiary/aromatic N) is 1. The van der Waals surface area contributed by atoms with Crippen LogP contribution in [0.1, 0.15) is 30.4 Å². The van der Waals surface area contributed by atoms with Crippen LogP contribution in [0.5, 0.6) is 0 Å². The number of aliphatic imine (C=N–C) groups is 1. The van der Waals surface area contributed by atoms with Gasteiger partial charge in [0.2, 0.25) is 0 Å². The van der Waals surface area contributed by atoms with Gasteiger partial charge in [-0.25, -0.2) is 0 Å². The monoisotopic (exact) mass is 549 g/mol. The van der Waals surface area contributed by atoms with E-state index in [0.29, 0.717) is 0 Å². The zero-order chi connectivity index (χ0) is 28.8. The lowest BCUT2D eigenvalue weighted by Crippen LogP contribution is -2.08. The minimum absolute atomic E-state index is 0.227. The number of benzene rings is 7. The van der Waals surface area contributed by atoms with E-state index in [0.717, 1.165) is 12.1 Å². The SMILES string of the molecule is CCC1=Nc2ccccc2C1c1ccc(-c2c3ccccc3c(-c3ccc(-c4ccccc4)cc3)c3ccccc23)cc1. The average Bonchev–Trinajstić information content (AvgIpc) is 3.47. The lowest BCUT2D eigenvalue weighted by Gasteiger charge is -2.19. The molecule has 7 aromatic carbocycles. The summed E-state index contributed by atoms with van der Waals surface area (Å²) in [6, 6.07) is 55.2. The minimum Gasteiger partial charge on any atom is -0.257 e. The molecule has 1 heterocycles. The molecule has 7 aromatic rings. The van der Waals surface area contributed by atoms with Gasteiger partial charge in [0.1, 0.15) is 0 Å². The van der Waals surface area contributed by atoms with Gasteiger partial charge in [-0.05, 0) is 78.5 Å². The summed E-state index contributed by atoms with van der Waals surface area (Å²) in [5, 5.41) is 5.10. The van der Waals surface area contributed by atoms with Crippen LogP contribution in [0.3, 0.4) is 0 Å². The predicted octanol–water partition coefficient (Wildman–Crippen LogP) is 11.6. The third-order valence-electron chi connectivity index (χ3n) is 8.95. The molecule has 1 aliphatic heterocycles. The number of rotatable bonds is 5. The fourth-order valence-electron chi connectivity index (χ4n) is 6.94. The standard InChI is InChI=1S/C42H31N/c1-2-38-42(37-18-10-11-19-39(37)43-38)32-26-24-31(25-27-32)41-35-16-8-6-14-33(35)40(34-15-7-9-17-36(34)41)30-22-20-29(21-23-30)28-12-4-3-5-13-28/h3-27,42H,2H2,1H3. The molecular weight excluding hydrogens is 518 g/mol. The van der Waals surface area contributed by atoms with E-state index in [4.69, 9.17) is 4.99 Å². The molecule has 1 atom stereocenters. The summed E-state index contributed by atoms with van der Waals surface area (Å²) >= 11 is 0. The van der Waals surface area contributed by atoms with E-state index in [-0.39, 0.29) is 5.92 Å². The molecular formula is C42H31N. The molecule has 0 aliphatic carbocycles. The summed E-state index contributed by atoms with van der Waals surface area (Å²) in [6.07, 6.45) is 0.949. The number of hydrogen-bond donors (Lipinski definition) is 0. The van der Waals surface area contributed by atoms with Crippen LogP contribution in [0.15, 0.2) is 157 Å². The van der Waals surface area contributed by atoms with Crippen molar-refractivity contribution in [3.63, 3.8) is 0 Å². The van der Waals surface area contributed by atoms with E-state index in [2.05, 4.69) is 159 Å². The molecule has 0 aromatic heterocycles. The summed E-state index contributed by atoms with van der Waals surface area (Å²) in [7, 11) is 0. The van der Waals surface area contributed by atoms with Gasteiger partial charge in [0.05, 0.1) is 5.69 Å². The average molecular weight is 550 g/mol. The van der Waals surface area contributed by atoms with E-state index >= 15 is 0 Å². The largest absolute Gasteiger partial charge is 0.257 e. The third-order valence-corrected chi connectivity index (χ3v) is 8.95. The summed E-state index contributed by atoms with van der Waals surface area (Å²) < 4.78 is 0. The highest BCUT2D eigenvalue weighted by molar-refractivity contribution is 6.21. The maximum Gasteiger partial charge on any atom is 0.0671 e. The smallest absolute Gasteiger partial charge is 0.0671 e. The Hall–Kier alpha value is -5.27. The van der Waals surface area contributed by atoms with Gasteiger partial charge in [-0.1, -0.05) is 153 Å². The van der Waals surface area contributed by atoms with Gasteiger partial charge in [0.15, 0.2) is 0 Å². The first-order valence-corrected chi connectivity index (χ1v) is 15.2. The molecule has 0 bridgehead atoms. The Morgan fingerprint density at radius 1 is 0.442 bits per heavy atom. The highest BCUT2D eigenvalue weighted by atomic mass is 14.8. The van der Waals surface area contributed by atoms with Gasteiger partial charge in [-0.2, -0.15) is 0 Å². The summed E-state index contributed by atoms with van der Waals surface area (Å²) in [5.41, 5.74) is 12.5. The molecule has 0 amide bonds. The molecule has 0 fully saturated rings. The topological polar surface area (TPSA) is 12.4 Å². The Bertz CT molecular complexity index is 2080. The van der Waals surface area contributed by atoms with E-state index in [1.54, 1.807) is 0 Å². The lowest BCUT2D eigenvalue weighted by molar-refractivity contribution is 1.07. The van der Waals surface area contributed by atoms with Crippen LogP contribution in [-0.2, 0) is 0 Å². The fraction of sp³-hybridized carbons (Fsp3) is 0.0714. The number of para-hydroxylation sites is 1. The third kappa shape index (κ3) is 4.28. The molecule has 1 nitrogen and oxygen atoms in total. The van der Waals surface area contributed by atoms with Gasteiger partial charge in [0, 0.05) is 11.6 Å². The molecule has 0 saturated carbocycles. The normalized spacial score (nSPS) is 14.2. The Labute approximate surface area is 252 Å². The number of fused-ring (bicyclic) bond motifs is 3. The van der Waals surface area contributed by atoms with Crippen LogP contribution < -0.4 is 0 Å². The van der Waals surface area contributed by atoms with E-state index < -0.39 is 0 Å². The predicted molar refractivity (Wildman–Crippen MR) is 183 cm³/mol. The molecule has 0 radical (unpaired) electrons. The highest BCUT2D eigenvalue weighted by Gasteiger charge is 2.27. The molecule has 1 aliphatic rings. The zero-order valence-corrected chi connectivity index (χ0v) is 24.2. The van der Waals surface area contributed by atoms with Crippen LogP contribution in [-0.4, -0.2) is 5.71 Å². The molecule has 43 heavy (non-hydrogen) atoms. The fourth-order valence-corrected chi connectivity index (χ4v) is 6.94. The van der Waals surface area contributed by atoms with Crippen molar-refractivity contribution in [3.05, 3.63) is 163 Å². The zero-order valence-electron chi connectivity index (χ0n) is 24.2. The van der Waals surface area contributed by atoms with Crippen LogP contribution >= 0.6 is 0 Å². The second-order valence-corrected chi connectivity index (χ2v) is 11.4. The van der Waals surface area contributed by atoms with Crippen molar-refractivity contribution in [2.24, 2.45) is 4.99 Å². The Kier molecular flexibility index (Phi) is 6.23. The van der Waals surface area contributed by atoms with Crippen LogP contribution in [0.2, 0.25) is 0 Å².